The zero-order valence-electron chi connectivity index (χ0n) is 16.6. The van der Waals surface area contributed by atoms with Gasteiger partial charge in [-0.05, 0) is 40.2 Å². The summed E-state index contributed by atoms with van der Waals surface area (Å²) in [5.74, 6) is -4.78. The number of ether oxygens (including phenoxy) is 1. The molecule has 0 fully saturated rings. The van der Waals surface area contributed by atoms with Crippen LogP contribution < -0.4 is 10.5 Å². The molecule has 3 rings (SSSR count). The van der Waals surface area contributed by atoms with Crippen LogP contribution in [-0.4, -0.2) is 32.4 Å². The van der Waals surface area contributed by atoms with Crippen LogP contribution in [-0.2, 0) is 6.18 Å². The molecule has 1 unspecified atom stereocenters. The molecule has 3 aromatic rings. The number of carbonyl (C=O) groups excluding carboxylic acids is 1. The Hall–Kier alpha value is -2.64. The van der Waals surface area contributed by atoms with Crippen molar-refractivity contribution in [3.05, 3.63) is 69.7 Å². The fraction of sp³-hybridized carbons (Fsp3) is 0.158. The van der Waals surface area contributed by atoms with Crippen molar-refractivity contribution in [1.29, 1.82) is 0 Å². The summed E-state index contributed by atoms with van der Waals surface area (Å²) in [5.41, 5.74) is 3.44. The number of aliphatic hydroxyl groups is 1. The number of alkyl halides is 3. The number of hydrogen-bond acceptors (Lipinski definition) is 7. The quantitative estimate of drug-likeness (QED) is 0.258. The van der Waals surface area contributed by atoms with Gasteiger partial charge in [0.05, 0.1) is 12.2 Å². The highest BCUT2D eigenvalue weighted by atomic mass is 79.9. The summed E-state index contributed by atoms with van der Waals surface area (Å²) >= 11 is 3.08. The Morgan fingerprint density at radius 2 is 1.76 bits per heavy atom. The van der Waals surface area contributed by atoms with Gasteiger partial charge in [0.2, 0.25) is 5.89 Å². The largest absolute Gasteiger partial charge is 0.475 e. The Balaban J connectivity index is 0.00000129. The molecule has 0 bridgehead atoms. The molecule has 1 heterocycles. The molecule has 0 saturated carbocycles. The van der Waals surface area contributed by atoms with Gasteiger partial charge < -0.3 is 29.8 Å². The Morgan fingerprint density at radius 1 is 1.18 bits per heavy atom. The van der Waals surface area contributed by atoms with Crippen molar-refractivity contribution in [2.45, 2.75) is 12.3 Å². The third-order valence-electron chi connectivity index (χ3n) is 4.10. The minimum absolute atomic E-state index is 0.0155. The number of nitrogens with two attached hydrogens (primary N) is 1. The van der Waals surface area contributed by atoms with E-state index >= 15 is 0 Å². The van der Waals surface area contributed by atoms with E-state index in [2.05, 4.69) is 20.9 Å². The minimum atomic E-state index is -4.51. The van der Waals surface area contributed by atoms with Crippen LogP contribution in [0.15, 0.2) is 45.5 Å². The van der Waals surface area contributed by atoms with Gasteiger partial charge in [-0.3, -0.25) is 4.79 Å². The highest BCUT2D eigenvalue weighted by Gasteiger charge is 2.31. The number of nitrogens with zero attached hydrogens (tertiary/aromatic N) is 1. The number of hydrogen-bond donors (Lipinski definition) is 4. The van der Waals surface area contributed by atoms with Crippen molar-refractivity contribution in [3.8, 4) is 17.0 Å². The molecule has 184 valence electrons. The number of oxazole rings is 1. The average Bonchev–Trinajstić information content (AvgIpc) is 3.14. The summed E-state index contributed by atoms with van der Waals surface area (Å²) in [7, 11) is -0.917. The summed E-state index contributed by atoms with van der Waals surface area (Å²) < 4.78 is 76.8. The van der Waals surface area contributed by atoms with E-state index in [1.807, 2.05) is 0 Å². The van der Waals surface area contributed by atoms with Gasteiger partial charge in [0.15, 0.2) is 22.3 Å². The molecule has 1 atom stereocenters. The highest BCUT2D eigenvalue weighted by Crippen LogP contribution is 2.35. The van der Waals surface area contributed by atoms with Gasteiger partial charge in [-0.25, -0.2) is 13.8 Å². The van der Waals surface area contributed by atoms with Gasteiger partial charge in [0, 0.05) is 5.56 Å². The smallest absolute Gasteiger partial charge is 0.416 e. The molecule has 1 aromatic heterocycles. The van der Waals surface area contributed by atoms with Crippen molar-refractivity contribution >= 4 is 30.9 Å². The van der Waals surface area contributed by atoms with Crippen LogP contribution in [0.5, 0.6) is 5.75 Å². The number of benzene rings is 2. The Labute approximate surface area is 198 Å². The second-order valence-electron chi connectivity index (χ2n) is 6.24. The fourth-order valence-corrected chi connectivity index (χ4v) is 3.10. The van der Waals surface area contributed by atoms with Gasteiger partial charge in [-0.2, -0.15) is 13.2 Å². The van der Waals surface area contributed by atoms with Crippen LogP contribution in [0.25, 0.3) is 11.3 Å². The molecule has 0 aliphatic carbocycles. The Kier molecular flexibility index (Phi) is 9.47. The average molecular weight is 573 g/mol. The molecular weight excluding hydrogens is 558 g/mol. The lowest BCUT2D eigenvalue weighted by Gasteiger charge is -2.15. The second kappa shape index (κ2) is 11.7. The monoisotopic (exact) mass is 572 g/mol. The van der Waals surface area contributed by atoms with E-state index in [1.165, 1.54) is 12.1 Å². The van der Waals surface area contributed by atoms with E-state index in [-0.39, 0.29) is 21.8 Å². The van der Waals surface area contributed by atoms with E-state index in [9.17, 15) is 31.9 Å². The predicted octanol–water partition coefficient (Wildman–Crippen LogP) is 4.09. The number of halogens is 6. The van der Waals surface area contributed by atoms with E-state index < -0.39 is 62.3 Å². The first-order chi connectivity index (χ1) is 15.9. The first kappa shape index (κ1) is 27.6. The first-order valence-corrected chi connectivity index (χ1v) is 10.6. The van der Waals surface area contributed by atoms with Crippen molar-refractivity contribution in [2.24, 2.45) is 5.73 Å². The zero-order valence-corrected chi connectivity index (χ0v) is 19.2. The summed E-state index contributed by atoms with van der Waals surface area (Å²) in [6.07, 6.45) is -5.90. The Bertz CT molecular complexity index is 1140. The summed E-state index contributed by atoms with van der Waals surface area (Å²) in [5, 5.41) is 9.61. The lowest BCUT2D eigenvalue weighted by atomic mass is 10.1. The maximum absolute atomic E-state index is 14.4. The molecule has 0 spiro atoms. The normalized spacial score (nSPS) is 12.0. The van der Waals surface area contributed by atoms with Crippen LogP contribution in [0.3, 0.4) is 0 Å². The third-order valence-corrected chi connectivity index (χ3v) is 4.64. The predicted molar refractivity (Wildman–Crippen MR) is 113 cm³/mol. The standard InChI is InChI=1S/C19H12BrF5N2O4.H3O2P/c20-16-15(8-1-3-9(4-2-8)19(23,24)25)27-18(31-16)12(7-28)30-11-6-5-10(21)13(14(11)22)17(26)29;1-3-2/h1-6,12,28H,7H2,(H2,26,29);1-3H. The zero-order chi connectivity index (χ0) is 25.6. The lowest BCUT2D eigenvalue weighted by Crippen LogP contribution is -2.18. The lowest BCUT2D eigenvalue weighted by molar-refractivity contribution is -0.137. The van der Waals surface area contributed by atoms with Crippen molar-refractivity contribution < 1.29 is 50.8 Å². The molecule has 0 aliphatic rings. The molecule has 0 radical (unpaired) electrons. The number of primary amides is 1. The number of aromatic nitrogens is 1. The van der Waals surface area contributed by atoms with Crippen LogP contribution in [0.1, 0.15) is 27.9 Å². The van der Waals surface area contributed by atoms with Crippen LogP contribution >= 0.6 is 25.0 Å². The number of carbonyl (C=O) groups is 1. The van der Waals surface area contributed by atoms with E-state index in [0.717, 1.165) is 24.3 Å². The van der Waals surface area contributed by atoms with Crippen LogP contribution in [0.2, 0.25) is 0 Å². The topological polar surface area (TPSA) is 139 Å². The Morgan fingerprint density at radius 3 is 2.26 bits per heavy atom. The van der Waals surface area contributed by atoms with E-state index in [4.69, 9.17) is 24.7 Å². The molecule has 15 heteroatoms. The van der Waals surface area contributed by atoms with Crippen LogP contribution in [0, 0.1) is 11.6 Å². The molecular formula is C19H15BrF5N2O6P. The molecule has 1 amide bonds. The number of amides is 1. The van der Waals surface area contributed by atoms with E-state index in [1.54, 1.807) is 0 Å². The van der Waals surface area contributed by atoms with Gasteiger partial charge in [0.1, 0.15) is 26.1 Å². The van der Waals surface area contributed by atoms with Crippen molar-refractivity contribution in [1.82, 2.24) is 4.98 Å². The van der Waals surface area contributed by atoms with E-state index in [0.29, 0.717) is 0 Å². The van der Waals surface area contributed by atoms with Gasteiger partial charge >= 0.3 is 6.18 Å². The molecule has 34 heavy (non-hydrogen) atoms. The molecule has 0 saturated heterocycles. The van der Waals surface area contributed by atoms with Gasteiger partial charge in [-0.15, -0.1) is 0 Å². The maximum atomic E-state index is 14.4. The minimum Gasteiger partial charge on any atom is -0.475 e. The summed E-state index contributed by atoms with van der Waals surface area (Å²) in [4.78, 5) is 29.6. The number of aliphatic hydroxyl groups excluding tert-OH is 1. The second-order valence-corrected chi connectivity index (χ2v) is 7.16. The SMILES string of the molecule is NC(=O)c1c(F)ccc(OC(CO)c2nc(-c3ccc(C(F)(F)F)cc3)c(Br)o2)c1F.OPO. The summed E-state index contributed by atoms with van der Waals surface area (Å²) in [6.45, 7) is -0.762. The molecule has 5 N–H and O–H groups in total. The first-order valence-electron chi connectivity index (χ1n) is 8.86. The third kappa shape index (κ3) is 6.48. The van der Waals surface area contributed by atoms with Gasteiger partial charge in [-0.1, -0.05) is 12.1 Å². The van der Waals surface area contributed by atoms with Crippen molar-refractivity contribution in [3.63, 3.8) is 0 Å². The number of rotatable bonds is 6. The summed E-state index contributed by atoms with van der Waals surface area (Å²) in [6, 6.07) is 5.69. The van der Waals surface area contributed by atoms with Gasteiger partial charge in [0.25, 0.3) is 5.91 Å². The highest BCUT2D eigenvalue weighted by molar-refractivity contribution is 9.10. The maximum Gasteiger partial charge on any atom is 0.416 e. The molecule has 2 aromatic carbocycles. The fourth-order valence-electron chi connectivity index (χ4n) is 2.62. The van der Waals surface area contributed by atoms with Crippen LogP contribution in [0.4, 0.5) is 22.0 Å². The molecule has 8 nitrogen and oxygen atoms in total. The van der Waals surface area contributed by atoms with Crippen molar-refractivity contribution in [2.75, 3.05) is 6.61 Å². The molecule has 0 aliphatic heterocycles.